The van der Waals surface area contributed by atoms with Gasteiger partial charge in [0.25, 0.3) is 0 Å². The molecule has 0 unspecified atom stereocenters. The molecule has 2 aromatic carbocycles. The van der Waals surface area contributed by atoms with E-state index in [9.17, 15) is 18.8 Å². The molecule has 0 radical (unpaired) electrons. The zero-order valence-electron chi connectivity index (χ0n) is 16.9. The summed E-state index contributed by atoms with van der Waals surface area (Å²) in [5, 5.41) is 3.24. The topological polar surface area (TPSA) is 82.6 Å². The maximum absolute atomic E-state index is 13.1. The maximum Gasteiger partial charge on any atom is 0.312 e. The normalized spacial score (nSPS) is 15.4. The van der Waals surface area contributed by atoms with Gasteiger partial charge in [-0.1, -0.05) is 42.5 Å². The number of hydrogen-bond donors (Lipinski definition) is 1. The molecule has 1 saturated heterocycles. The highest BCUT2D eigenvalue weighted by atomic mass is 32.1. The molecule has 160 valence electrons. The van der Waals surface area contributed by atoms with Gasteiger partial charge in [0.15, 0.2) is 5.13 Å². The smallest absolute Gasteiger partial charge is 0.312 e. The van der Waals surface area contributed by atoms with Crippen LogP contribution in [0.4, 0.5) is 9.52 Å². The Morgan fingerprint density at radius 2 is 1.87 bits per heavy atom. The highest BCUT2D eigenvalue weighted by Gasteiger charge is 2.38. The molecule has 0 bridgehead atoms. The Bertz CT molecular complexity index is 1100. The van der Waals surface area contributed by atoms with Gasteiger partial charge in [-0.05, 0) is 36.2 Å². The van der Waals surface area contributed by atoms with Crippen LogP contribution in [-0.4, -0.2) is 51.6 Å². The number of anilines is 1. The predicted molar refractivity (Wildman–Crippen MR) is 116 cm³/mol. The first-order valence-corrected chi connectivity index (χ1v) is 10.8. The lowest BCUT2D eigenvalue weighted by atomic mass is 10.1. The molecule has 1 aliphatic rings. The zero-order valence-corrected chi connectivity index (χ0v) is 17.7. The Hall–Kier alpha value is -3.33. The Morgan fingerprint density at radius 3 is 2.58 bits per heavy atom. The number of carbonyl (C=O) groups is 3. The third kappa shape index (κ3) is 4.41. The van der Waals surface area contributed by atoms with Crippen molar-refractivity contribution in [2.75, 3.05) is 18.4 Å². The number of fused-ring (bicyclic) bond motifs is 1. The Labute approximate surface area is 182 Å². The minimum atomic E-state index is -0.767. The van der Waals surface area contributed by atoms with Crippen LogP contribution in [0.1, 0.15) is 18.9 Å². The number of para-hydroxylation sites is 1. The van der Waals surface area contributed by atoms with Crippen LogP contribution in [0.5, 0.6) is 0 Å². The summed E-state index contributed by atoms with van der Waals surface area (Å²) in [6.45, 7) is 2.56. The van der Waals surface area contributed by atoms with Gasteiger partial charge in [0.2, 0.25) is 5.91 Å². The van der Waals surface area contributed by atoms with Crippen LogP contribution < -0.4 is 5.32 Å². The fourth-order valence-electron chi connectivity index (χ4n) is 3.61. The minimum Gasteiger partial charge on any atom is -0.328 e. The summed E-state index contributed by atoms with van der Waals surface area (Å²) in [6.07, 6.45) is 0.369. The van der Waals surface area contributed by atoms with Crippen molar-refractivity contribution in [2.24, 2.45) is 0 Å². The summed E-state index contributed by atoms with van der Waals surface area (Å²) < 4.78 is 14.0. The van der Waals surface area contributed by atoms with Crippen molar-refractivity contribution >= 4 is 44.4 Å². The molecular formula is C22H21FN4O3S. The molecule has 9 heteroatoms. The molecule has 31 heavy (non-hydrogen) atoms. The van der Waals surface area contributed by atoms with Gasteiger partial charge in [-0.15, -0.1) is 0 Å². The minimum absolute atomic E-state index is 0.216. The van der Waals surface area contributed by atoms with Crippen molar-refractivity contribution in [3.8, 4) is 0 Å². The molecule has 0 spiro atoms. The van der Waals surface area contributed by atoms with Gasteiger partial charge in [-0.25, -0.2) is 9.37 Å². The molecular weight excluding hydrogens is 419 g/mol. The second-order valence-corrected chi connectivity index (χ2v) is 8.28. The van der Waals surface area contributed by atoms with Gasteiger partial charge in [0.05, 0.1) is 10.2 Å². The Kier molecular flexibility index (Phi) is 5.94. The third-order valence-corrected chi connectivity index (χ3v) is 6.17. The van der Waals surface area contributed by atoms with Gasteiger partial charge < -0.3 is 15.1 Å². The second-order valence-electron chi connectivity index (χ2n) is 7.25. The number of piperazine rings is 1. The molecule has 1 aromatic heterocycles. The molecule has 0 saturated carbocycles. The molecule has 2 heterocycles. The largest absolute Gasteiger partial charge is 0.328 e. The Morgan fingerprint density at radius 1 is 1.13 bits per heavy atom. The van der Waals surface area contributed by atoms with E-state index in [1.165, 1.54) is 33.3 Å². The second kappa shape index (κ2) is 8.81. The summed E-state index contributed by atoms with van der Waals surface area (Å²) in [5.74, 6) is -2.10. The van der Waals surface area contributed by atoms with Crippen LogP contribution in [0, 0.1) is 5.82 Å². The SMILES string of the molecule is CC[C@H](C(=O)Nc1nc2ccccc2s1)N1CCN(Cc2ccc(F)cc2)C(=O)C1=O. The summed E-state index contributed by atoms with van der Waals surface area (Å²) in [6, 6.07) is 12.6. The van der Waals surface area contributed by atoms with Gasteiger partial charge in [0, 0.05) is 19.6 Å². The van der Waals surface area contributed by atoms with Gasteiger partial charge in [0.1, 0.15) is 11.9 Å². The summed E-state index contributed by atoms with van der Waals surface area (Å²) in [4.78, 5) is 45.4. The van der Waals surface area contributed by atoms with E-state index >= 15 is 0 Å². The lowest BCUT2D eigenvalue weighted by molar-refractivity contribution is -0.159. The number of nitrogens with one attached hydrogen (secondary N) is 1. The average Bonchev–Trinajstić information content (AvgIpc) is 3.17. The molecule has 7 nitrogen and oxygen atoms in total. The van der Waals surface area contributed by atoms with Gasteiger partial charge in [-0.3, -0.25) is 14.4 Å². The lowest BCUT2D eigenvalue weighted by Crippen LogP contribution is -2.59. The lowest BCUT2D eigenvalue weighted by Gasteiger charge is -2.37. The van der Waals surface area contributed by atoms with E-state index in [2.05, 4.69) is 10.3 Å². The van der Waals surface area contributed by atoms with Crippen molar-refractivity contribution < 1.29 is 18.8 Å². The summed E-state index contributed by atoms with van der Waals surface area (Å²) in [7, 11) is 0. The van der Waals surface area contributed by atoms with Crippen LogP contribution in [-0.2, 0) is 20.9 Å². The first-order chi connectivity index (χ1) is 15.0. The van der Waals surface area contributed by atoms with Crippen LogP contribution in [0.2, 0.25) is 0 Å². The van der Waals surface area contributed by atoms with E-state index in [1.807, 2.05) is 24.3 Å². The monoisotopic (exact) mass is 440 g/mol. The number of nitrogens with zero attached hydrogens (tertiary/aromatic N) is 3. The van der Waals surface area contributed by atoms with Crippen LogP contribution in [0.25, 0.3) is 10.2 Å². The van der Waals surface area contributed by atoms with E-state index in [0.29, 0.717) is 18.1 Å². The molecule has 3 amide bonds. The average molecular weight is 441 g/mol. The first-order valence-electron chi connectivity index (χ1n) is 9.97. The highest BCUT2D eigenvalue weighted by molar-refractivity contribution is 7.22. The standard InChI is InChI=1S/C22H21FN4O3S/c1-2-17(19(28)25-22-24-16-5-3-4-6-18(16)31-22)27-12-11-26(20(29)21(27)30)13-14-7-9-15(23)10-8-14/h3-10,17H,2,11-13H2,1H3,(H,24,25,28)/t17-/m1/s1. The van der Waals surface area contributed by atoms with Crippen LogP contribution >= 0.6 is 11.3 Å². The molecule has 1 atom stereocenters. The molecule has 4 rings (SSSR count). The van der Waals surface area contributed by atoms with Crippen LogP contribution in [0.3, 0.4) is 0 Å². The van der Waals surface area contributed by atoms with E-state index < -0.39 is 17.9 Å². The molecule has 1 N–H and O–H groups in total. The maximum atomic E-state index is 13.1. The Balaban J connectivity index is 1.43. The zero-order chi connectivity index (χ0) is 22.0. The molecule has 1 fully saturated rings. The van der Waals surface area contributed by atoms with Gasteiger partial charge in [-0.2, -0.15) is 0 Å². The van der Waals surface area contributed by atoms with Gasteiger partial charge >= 0.3 is 11.8 Å². The van der Waals surface area contributed by atoms with Crippen molar-refractivity contribution in [1.29, 1.82) is 0 Å². The van der Waals surface area contributed by atoms with Crippen molar-refractivity contribution in [1.82, 2.24) is 14.8 Å². The van der Waals surface area contributed by atoms with E-state index in [-0.39, 0.29) is 24.8 Å². The van der Waals surface area contributed by atoms with Crippen LogP contribution in [0.15, 0.2) is 48.5 Å². The third-order valence-electron chi connectivity index (χ3n) is 5.22. The highest BCUT2D eigenvalue weighted by Crippen LogP contribution is 2.26. The van der Waals surface area contributed by atoms with Crippen molar-refractivity contribution in [3.05, 3.63) is 59.9 Å². The van der Waals surface area contributed by atoms with E-state index in [1.54, 1.807) is 19.1 Å². The number of carbonyl (C=O) groups excluding carboxylic acids is 3. The number of aromatic nitrogens is 1. The van der Waals surface area contributed by atoms with E-state index in [4.69, 9.17) is 0 Å². The number of amides is 3. The first kappa shape index (κ1) is 20.9. The van der Waals surface area contributed by atoms with Crippen molar-refractivity contribution in [3.63, 3.8) is 0 Å². The molecule has 0 aliphatic carbocycles. The quantitative estimate of drug-likeness (QED) is 0.598. The number of rotatable bonds is 6. The fraction of sp³-hybridized carbons (Fsp3) is 0.273. The van der Waals surface area contributed by atoms with E-state index in [0.717, 1.165) is 15.8 Å². The fourth-order valence-corrected chi connectivity index (χ4v) is 4.48. The number of benzene rings is 2. The summed E-state index contributed by atoms with van der Waals surface area (Å²) >= 11 is 1.36. The number of halogens is 1. The molecule has 3 aromatic rings. The number of thiazole rings is 1. The predicted octanol–water partition coefficient (Wildman–Crippen LogP) is 3.02. The van der Waals surface area contributed by atoms with Crippen molar-refractivity contribution in [2.45, 2.75) is 25.9 Å². The number of hydrogen-bond acceptors (Lipinski definition) is 5. The summed E-state index contributed by atoms with van der Waals surface area (Å²) in [5.41, 5.74) is 1.52. The molecule has 1 aliphatic heterocycles.